The van der Waals surface area contributed by atoms with E-state index in [1.807, 2.05) is 23.1 Å². The van der Waals surface area contributed by atoms with Gasteiger partial charge in [-0.3, -0.25) is 4.79 Å². The smallest absolute Gasteiger partial charge is 0.222 e. The third kappa shape index (κ3) is 4.80. The Labute approximate surface area is 154 Å². The molecule has 1 fully saturated rings. The largest absolute Gasteiger partial charge is 0.342 e. The summed E-state index contributed by atoms with van der Waals surface area (Å²) in [6.45, 7) is 2.04. The van der Waals surface area contributed by atoms with Crippen LogP contribution in [0.4, 0.5) is 4.39 Å². The molecule has 2 aromatic carbocycles. The van der Waals surface area contributed by atoms with Crippen LogP contribution >= 0.6 is 12.4 Å². The first kappa shape index (κ1) is 19.4. The van der Waals surface area contributed by atoms with Crippen LogP contribution in [0.3, 0.4) is 0 Å². The number of carbonyl (C=O) groups excluding carboxylic acids is 1. The van der Waals surface area contributed by atoms with E-state index in [0.717, 1.165) is 18.7 Å². The van der Waals surface area contributed by atoms with Crippen molar-refractivity contribution in [3.05, 3.63) is 71.5 Å². The summed E-state index contributed by atoms with van der Waals surface area (Å²) < 4.78 is 12.9. The van der Waals surface area contributed by atoms with Crippen LogP contribution in [0, 0.1) is 11.7 Å². The number of rotatable bonds is 5. The first-order valence-corrected chi connectivity index (χ1v) is 8.44. The van der Waals surface area contributed by atoms with E-state index in [4.69, 9.17) is 5.73 Å². The first-order valence-electron chi connectivity index (χ1n) is 8.44. The van der Waals surface area contributed by atoms with Crippen molar-refractivity contribution in [1.82, 2.24) is 4.90 Å². The number of hydrogen-bond donors (Lipinski definition) is 1. The Morgan fingerprint density at radius 2 is 1.76 bits per heavy atom. The Morgan fingerprint density at radius 3 is 2.40 bits per heavy atom. The van der Waals surface area contributed by atoms with Crippen molar-refractivity contribution >= 4 is 18.3 Å². The summed E-state index contributed by atoms with van der Waals surface area (Å²) in [5.41, 5.74) is 8.17. The summed E-state index contributed by atoms with van der Waals surface area (Å²) in [6, 6.07) is 16.6. The van der Waals surface area contributed by atoms with E-state index in [9.17, 15) is 9.18 Å². The predicted octanol–water partition coefficient (Wildman–Crippen LogP) is 3.38. The minimum Gasteiger partial charge on any atom is -0.342 e. The van der Waals surface area contributed by atoms with Crippen LogP contribution in [0.5, 0.6) is 0 Å². The molecule has 1 amide bonds. The lowest BCUT2D eigenvalue weighted by molar-refractivity contribution is -0.130. The molecule has 25 heavy (non-hydrogen) atoms. The summed E-state index contributed by atoms with van der Waals surface area (Å²) >= 11 is 0. The number of halogens is 2. The van der Waals surface area contributed by atoms with Gasteiger partial charge in [-0.25, -0.2) is 4.39 Å². The third-order valence-electron chi connectivity index (χ3n) is 4.86. The number of hydrogen-bond acceptors (Lipinski definition) is 2. The fourth-order valence-corrected chi connectivity index (χ4v) is 3.45. The van der Waals surface area contributed by atoms with Gasteiger partial charge in [0.05, 0.1) is 0 Å². The highest BCUT2D eigenvalue weighted by atomic mass is 35.5. The molecule has 3 nitrogen and oxygen atoms in total. The minimum absolute atomic E-state index is 0. The second-order valence-electron chi connectivity index (χ2n) is 6.44. The molecule has 0 aromatic heterocycles. The molecule has 1 aliphatic rings. The third-order valence-corrected chi connectivity index (χ3v) is 4.86. The molecule has 134 valence electrons. The van der Waals surface area contributed by atoms with Gasteiger partial charge in [-0.2, -0.15) is 0 Å². The predicted molar refractivity (Wildman–Crippen MR) is 100 cm³/mol. The van der Waals surface area contributed by atoms with Crippen molar-refractivity contribution in [2.45, 2.75) is 18.8 Å². The topological polar surface area (TPSA) is 46.3 Å². The number of carbonyl (C=O) groups is 1. The van der Waals surface area contributed by atoms with Crippen LogP contribution in [0.1, 0.15) is 23.5 Å². The zero-order valence-electron chi connectivity index (χ0n) is 14.1. The van der Waals surface area contributed by atoms with Gasteiger partial charge in [0.15, 0.2) is 0 Å². The molecule has 0 aliphatic carbocycles. The van der Waals surface area contributed by atoms with Crippen molar-refractivity contribution in [2.75, 3.05) is 19.6 Å². The van der Waals surface area contributed by atoms with Crippen molar-refractivity contribution in [1.29, 1.82) is 0 Å². The lowest BCUT2D eigenvalue weighted by atomic mass is 9.89. The lowest BCUT2D eigenvalue weighted by Gasteiger charge is -2.17. The average molecular weight is 363 g/mol. The summed E-state index contributed by atoms with van der Waals surface area (Å²) in [5, 5.41) is 0. The second-order valence-corrected chi connectivity index (χ2v) is 6.44. The zero-order valence-corrected chi connectivity index (χ0v) is 14.9. The quantitative estimate of drug-likeness (QED) is 0.886. The molecule has 0 unspecified atom stereocenters. The Hall–Kier alpha value is -1.91. The lowest BCUT2D eigenvalue weighted by Crippen LogP contribution is -2.30. The Morgan fingerprint density at radius 1 is 1.08 bits per heavy atom. The van der Waals surface area contributed by atoms with E-state index < -0.39 is 0 Å². The standard InChI is InChI=1S/C20H23FN2O.ClH/c21-18-9-6-15(7-10-18)8-11-20(24)23-13-17(12-22)19(14-23)16-4-2-1-3-5-16;/h1-7,9-10,17,19H,8,11-14,22H2;1H/t17-,19+;/m1./s1. The molecule has 2 atom stereocenters. The average Bonchev–Trinajstić information content (AvgIpc) is 3.06. The Balaban J connectivity index is 0.00000225. The number of benzene rings is 2. The molecule has 0 radical (unpaired) electrons. The number of likely N-dealkylation sites (tertiary alicyclic amines) is 1. The van der Waals surface area contributed by atoms with Crippen molar-refractivity contribution in [3.63, 3.8) is 0 Å². The summed E-state index contributed by atoms with van der Waals surface area (Å²) in [7, 11) is 0. The van der Waals surface area contributed by atoms with E-state index in [0.29, 0.717) is 31.2 Å². The van der Waals surface area contributed by atoms with Gasteiger partial charge in [0.2, 0.25) is 5.91 Å². The van der Waals surface area contributed by atoms with E-state index in [-0.39, 0.29) is 24.1 Å². The van der Waals surface area contributed by atoms with Crippen LogP contribution in [0.2, 0.25) is 0 Å². The van der Waals surface area contributed by atoms with Gasteiger partial charge in [0, 0.05) is 25.4 Å². The van der Waals surface area contributed by atoms with Crippen molar-refractivity contribution < 1.29 is 9.18 Å². The maximum Gasteiger partial charge on any atom is 0.222 e. The molecule has 5 heteroatoms. The monoisotopic (exact) mass is 362 g/mol. The highest BCUT2D eigenvalue weighted by Gasteiger charge is 2.34. The van der Waals surface area contributed by atoms with Crippen molar-refractivity contribution in [2.24, 2.45) is 11.7 Å². The van der Waals surface area contributed by atoms with Gasteiger partial charge in [-0.1, -0.05) is 42.5 Å². The molecule has 1 saturated heterocycles. The molecular formula is C20H24ClFN2O. The zero-order chi connectivity index (χ0) is 16.9. The van der Waals surface area contributed by atoms with Crippen LogP contribution in [-0.4, -0.2) is 30.4 Å². The van der Waals surface area contributed by atoms with E-state index in [2.05, 4.69) is 12.1 Å². The summed E-state index contributed by atoms with van der Waals surface area (Å²) in [5.74, 6) is 0.519. The molecule has 2 N–H and O–H groups in total. The summed E-state index contributed by atoms with van der Waals surface area (Å²) in [6.07, 6.45) is 1.09. The Kier molecular flexibility index (Phi) is 6.97. The van der Waals surface area contributed by atoms with Crippen LogP contribution < -0.4 is 5.73 Å². The van der Waals surface area contributed by atoms with Gasteiger partial charge in [0.1, 0.15) is 5.82 Å². The highest BCUT2D eigenvalue weighted by Crippen LogP contribution is 2.32. The van der Waals surface area contributed by atoms with Gasteiger partial charge < -0.3 is 10.6 Å². The number of aryl methyl sites for hydroxylation is 1. The van der Waals surface area contributed by atoms with Gasteiger partial charge >= 0.3 is 0 Å². The highest BCUT2D eigenvalue weighted by molar-refractivity contribution is 5.85. The summed E-state index contributed by atoms with van der Waals surface area (Å²) in [4.78, 5) is 14.5. The number of nitrogens with zero attached hydrogens (tertiary/aromatic N) is 1. The number of amides is 1. The molecule has 2 aromatic rings. The molecular weight excluding hydrogens is 339 g/mol. The second kappa shape index (κ2) is 8.97. The fraction of sp³-hybridized carbons (Fsp3) is 0.350. The normalized spacial score (nSPS) is 19.5. The van der Waals surface area contributed by atoms with E-state index in [1.54, 1.807) is 12.1 Å². The fourth-order valence-electron chi connectivity index (χ4n) is 3.45. The maximum atomic E-state index is 12.9. The van der Waals surface area contributed by atoms with Crippen LogP contribution in [0.15, 0.2) is 54.6 Å². The SMILES string of the molecule is Cl.NC[C@@H]1CN(C(=O)CCc2ccc(F)cc2)C[C@H]1c1ccccc1. The molecule has 1 aliphatic heterocycles. The number of nitrogens with two attached hydrogens (primary N) is 1. The van der Waals surface area contributed by atoms with Gasteiger partial charge in [0.25, 0.3) is 0 Å². The van der Waals surface area contributed by atoms with Gasteiger partial charge in [-0.05, 0) is 42.1 Å². The van der Waals surface area contributed by atoms with Crippen LogP contribution in [-0.2, 0) is 11.2 Å². The first-order chi connectivity index (χ1) is 11.7. The molecule has 0 bridgehead atoms. The molecule has 0 spiro atoms. The molecule has 3 rings (SSSR count). The maximum absolute atomic E-state index is 12.9. The van der Waals surface area contributed by atoms with Gasteiger partial charge in [-0.15, -0.1) is 12.4 Å². The molecule has 1 heterocycles. The van der Waals surface area contributed by atoms with Crippen molar-refractivity contribution in [3.8, 4) is 0 Å². The minimum atomic E-state index is -0.249. The van der Waals surface area contributed by atoms with Crippen LogP contribution in [0.25, 0.3) is 0 Å². The van der Waals surface area contributed by atoms with E-state index in [1.165, 1.54) is 17.7 Å². The Bertz CT molecular complexity index is 678. The van der Waals surface area contributed by atoms with E-state index >= 15 is 0 Å². The molecule has 0 saturated carbocycles.